The van der Waals surface area contributed by atoms with Gasteiger partial charge in [0.1, 0.15) is 5.83 Å². The van der Waals surface area contributed by atoms with Crippen molar-refractivity contribution in [1.29, 1.82) is 0 Å². The van der Waals surface area contributed by atoms with Crippen molar-refractivity contribution in [2.75, 3.05) is 0 Å². The summed E-state index contributed by atoms with van der Waals surface area (Å²) in [7, 11) is 0. The van der Waals surface area contributed by atoms with Crippen LogP contribution in [0.2, 0.25) is 0 Å². The van der Waals surface area contributed by atoms with Crippen LogP contribution >= 0.6 is 0 Å². The van der Waals surface area contributed by atoms with Crippen molar-refractivity contribution < 1.29 is 4.39 Å². The van der Waals surface area contributed by atoms with Gasteiger partial charge in [0.2, 0.25) is 0 Å². The van der Waals surface area contributed by atoms with E-state index in [0.29, 0.717) is 0 Å². The Balaban J connectivity index is 2.59. The van der Waals surface area contributed by atoms with E-state index in [-0.39, 0.29) is 11.7 Å². The lowest BCUT2D eigenvalue weighted by Gasteiger charge is -2.11. The third-order valence-electron chi connectivity index (χ3n) is 1.69. The van der Waals surface area contributed by atoms with Crippen LogP contribution < -0.4 is 0 Å². The number of halogens is 1. The summed E-state index contributed by atoms with van der Waals surface area (Å²) in [5.41, 5.74) is 0. The highest BCUT2D eigenvalue weighted by molar-refractivity contribution is 5.15. The average Bonchev–Trinajstić information content (AvgIpc) is 1.89. The fourth-order valence-electron chi connectivity index (χ4n) is 1.01. The summed E-state index contributed by atoms with van der Waals surface area (Å²) in [5, 5.41) is 0. The van der Waals surface area contributed by atoms with Crippen LogP contribution in [0.3, 0.4) is 0 Å². The molecule has 0 saturated carbocycles. The van der Waals surface area contributed by atoms with E-state index >= 15 is 0 Å². The van der Waals surface area contributed by atoms with Gasteiger partial charge in [-0.2, -0.15) is 0 Å². The molecule has 0 nitrogen and oxygen atoms in total. The second-order valence-corrected chi connectivity index (χ2v) is 2.32. The number of allylic oxidation sites excluding steroid dienone is 4. The Bertz CT molecular complexity index is 145. The molecule has 9 heavy (non-hydrogen) atoms. The van der Waals surface area contributed by atoms with Crippen LogP contribution in [0, 0.1) is 5.92 Å². The second-order valence-electron chi connectivity index (χ2n) is 2.32. The zero-order valence-electron chi connectivity index (χ0n) is 5.60. The quantitative estimate of drug-likeness (QED) is 0.506. The summed E-state index contributed by atoms with van der Waals surface area (Å²) < 4.78 is 12.7. The molecule has 0 unspecified atom stereocenters. The molecule has 0 amide bonds. The molecule has 1 aliphatic rings. The summed E-state index contributed by atoms with van der Waals surface area (Å²) in [6.07, 6.45) is 7.13. The minimum Gasteiger partial charge on any atom is -0.212 e. The SMILES string of the molecule is CC[C@@H]1CC=CC=C1F. The van der Waals surface area contributed by atoms with Gasteiger partial charge in [0, 0.05) is 5.92 Å². The Morgan fingerprint density at radius 2 is 2.56 bits per heavy atom. The third kappa shape index (κ3) is 1.41. The molecule has 0 aromatic heterocycles. The van der Waals surface area contributed by atoms with Crippen LogP contribution in [-0.2, 0) is 0 Å². The molecule has 50 valence electrons. The summed E-state index contributed by atoms with van der Waals surface area (Å²) in [4.78, 5) is 0. The Hall–Kier alpha value is -0.590. The smallest absolute Gasteiger partial charge is 0.103 e. The molecule has 0 radical (unpaired) electrons. The van der Waals surface area contributed by atoms with Gasteiger partial charge < -0.3 is 0 Å². The second kappa shape index (κ2) is 2.81. The van der Waals surface area contributed by atoms with E-state index in [4.69, 9.17) is 0 Å². The Labute approximate surface area is 55.1 Å². The van der Waals surface area contributed by atoms with Gasteiger partial charge in [-0.3, -0.25) is 0 Å². The Morgan fingerprint density at radius 1 is 1.78 bits per heavy atom. The highest BCUT2D eigenvalue weighted by Crippen LogP contribution is 2.23. The lowest BCUT2D eigenvalue weighted by molar-refractivity contribution is 0.452. The first kappa shape index (κ1) is 6.53. The molecule has 1 atom stereocenters. The van der Waals surface area contributed by atoms with Crippen LogP contribution in [0.4, 0.5) is 4.39 Å². The zero-order valence-corrected chi connectivity index (χ0v) is 5.60. The molecule has 0 aromatic carbocycles. The van der Waals surface area contributed by atoms with Crippen LogP contribution in [0.5, 0.6) is 0 Å². The molecule has 1 rings (SSSR count). The van der Waals surface area contributed by atoms with Crippen molar-refractivity contribution in [1.82, 2.24) is 0 Å². The van der Waals surface area contributed by atoms with Crippen molar-refractivity contribution in [2.45, 2.75) is 19.8 Å². The monoisotopic (exact) mass is 126 g/mol. The molecule has 0 heterocycles. The van der Waals surface area contributed by atoms with E-state index in [1.54, 1.807) is 12.2 Å². The van der Waals surface area contributed by atoms with E-state index in [9.17, 15) is 4.39 Å². The zero-order chi connectivity index (χ0) is 6.69. The van der Waals surface area contributed by atoms with Gasteiger partial charge in [0.05, 0.1) is 0 Å². The first-order valence-corrected chi connectivity index (χ1v) is 3.36. The maximum atomic E-state index is 12.7. The fraction of sp³-hybridized carbons (Fsp3) is 0.500. The molecule has 0 aliphatic heterocycles. The highest BCUT2D eigenvalue weighted by Gasteiger charge is 2.11. The standard InChI is InChI=1S/C8H11F/c1-2-7-5-3-4-6-8(7)9/h3-4,6-7H,2,5H2,1H3/t7-/m1/s1. The third-order valence-corrected chi connectivity index (χ3v) is 1.69. The number of hydrogen-bond donors (Lipinski definition) is 0. The van der Waals surface area contributed by atoms with Gasteiger partial charge in [0.25, 0.3) is 0 Å². The molecule has 0 saturated heterocycles. The minimum absolute atomic E-state index is 0.0417. The summed E-state index contributed by atoms with van der Waals surface area (Å²) in [6, 6.07) is 0. The van der Waals surface area contributed by atoms with Crippen LogP contribution in [0.15, 0.2) is 24.1 Å². The van der Waals surface area contributed by atoms with E-state index in [1.165, 1.54) is 0 Å². The van der Waals surface area contributed by atoms with E-state index in [0.717, 1.165) is 12.8 Å². The average molecular weight is 126 g/mol. The summed E-state index contributed by atoms with van der Waals surface area (Å²) in [5.74, 6) is 0.204. The lowest BCUT2D eigenvalue weighted by atomic mass is 9.97. The molecule has 0 N–H and O–H groups in total. The molecule has 0 bridgehead atoms. The molecule has 0 fully saturated rings. The van der Waals surface area contributed by atoms with Crippen LogP contribution in [0.25, 0.3) is 0 Å². The predicted octanol–water partition coefficient (Wildman–Crippen LogP) is 2.83. The molecule has 1 aliphatic carbocycles. The Kier molecular flexibility index (Phi) is 2.04. The van der Waals surface area contributed by atoms with Gasteiger partial charge in [-0.15, -0.1) is 0 Å². The number of hydrogen-bond acceptors (Lipinski definition) is 0. The topological polar surface area (TPSA) is 0 Å². The van der Waals surface area contributed by atoms with Gasteiger partial charge in [-0.1, -0.05) is 19.1 Å². The molecule has 0 aromatic rings. The predicted molar refractivity (Wildman–Crippen MR) is 36.7 cm³/mol. The van der Waals surface area contributed by atoms with E-state index < -0.39 is 0 Å². The lowest BCUT2D eigenvalue weighted by Crippen LogP contribution is -1.99. The Morgan fingerprint density at radius 3 is 3.00 bits per heavy atom. The van der Waals surface area contributed by atoms with Gasteiger partial charge in [-0.05, 0) is 18.9 Å². The van der Waals surface area contributed by atoms with Crippen molar-refractivity contribution in [2.24, 2.45) is 5.92 Å². The minimum atomic E-state index is 0.0417. The largest absolute Gasteiger partial charge is 0.212 e. The highest BCUT2D eigenvalue weighted by atomic mass is 19.1. The summed E-state index contributed by atoms with van der Waals surface area (Å²) in [6.45, 7) is 2.01. The summed E-state index contributed by atoms with van der Waals surface area (Å²) >= 11 is 0. The van der Waals surface area contributed by atoms with Crippen molar-refractivity contribution in [3.8, 4) is 0 Å². The normalized spacial score (nSPS) is 26.0. The van der Waals surface area contributed by atoms with E-state index in [1.807, 2.05) is 13.0 Å². The fourth-order valence-corrected chi connectivity index (χ4v) is 1.01. The van der Waals surface area contributed by atoms with Crippen molar-refractivity contribution in [3.05, 3.63) is 24.1 Å². The first-order chi connectivity index (χ1) is 4.34. The molecule has 0 spiro atoms. The van der Waals surface area contributed by atoms with Gasteiger partial charge in [-0.25, -0.2) is 4.39 Å². The molecular weight excluding hydrogens is 115 g/mol. The molecular formula is C8H11F. The molecule has 1 heteroatoms. The van der Waals surface area contributed by atoms with E-state index in [2.05, 4.69) is 0 Å². The maximum absolute atomic E-state index is 12.7. The van der Waals surface area contributed by atoms with Crippen LogP contribution in [-0.4, -0.2) is 0 Å². The van der Waals surface area contributed by atoms with Crippen LogP contribution in [0.1, 0.15) is 19.8 Å². The number of rotatable bonds is 1. The first-order valence-electron chi connectivity index (χ1n) is 3.36. The maximum Gasteiger partial charge on any atom is 0.103 e. The van der Waals surface area contributed by atoms with Gasteiger partial charge >= 0.3 is 0 Å². The van der Waals surface area contributed by atoms with Gasteiger partial charge in [0.15, 0.2) is 0 Å². The van der Waals surface area contributed by atoms with Crippen molar-refractivity contribution >= 4 is 0 Å². The van der Waals surface area contributed by atoms with Crippen molar-refractivity contribution in [3.63, 3.8) is 0 Å².